The number of rotatable bonds is 3. The van der Waals surface area contributed by atoms with Crippen molar-refractivity contribution in [2.75, 3.05) is 5.73 Å². The molecule has 0 aliphatic carbocycles. The number of halogens is 1. The highest BCUT2D eigenvalue weighted by atomic mass is 79.9. The van der Waals surface area contributed by atoms with Crippen LogP contribution in [0.4, 0.5) is 5.69 Å². The Bertz CT molecular complexity index is 555. The van der Waals surface area contributed by atoms with E-state index in [9.17, 15) is 4.79 Å². The SMILES string of the molecule is Nc1cc(Br)ccc1C(=O)NCc1ccccc1. The van der Waals surface area contributed by atoms with E-state index in [-0.39, 0.29) is 5.91 Å². The second-order valence-corrected chi connectivity index (χ2v) is 4.82. The van der Waals surface area contributed by atoms with Gasteiger partial charge in [0.1, 0.15) is 0 Å². The molecule has 0 saturated carbocycles. The number of hydrogen-bond acceptors (Lipinski definition) is 2. The Hall–Kier alpha value is -1.81. The number of nitrogens with two attached hydrogens (primary N) is 1. The number of nitrogen functional groups attached to an aromatic ring is 1. The van der Waals surface area contributed by atoms with Crippen LogP contribution >= 0.6 is 15.9 Å². The van der Waals surface area contributed by atoms with Crippen LogP contribution in [0.15, 0.2) is 53.0 Å². The van der Waals surface area contributed by atoms with E-state index in [0.29, 0.717) is 17.8 Å². The first-order chi connectivity index (χ1) is 8.66. The zero-order valence-electron chi connectivity index (χ0n) is 9.69. The van der Waals surface area contributed by atoms with Gasteiger partial charge in [-0.25, -0.2) is 0 Å². The van der Waals surface area contributed by atoms with Crippen LogP contribution in [0.25, 0.3) is 0 Å². The normalized spacial score (nSPS) is 10.1. The van der Waals surface area contributed by atoms with Crippen LogP contribution in [0.3, 0.4) is 0 Å². The average molecular weight is 305 g/mol. The molecule has 0 atom stereocenters. The van der Waals surface area contributed by atoms with Crippen molar-refractivity contribution in [3.8, 4) is 0 Å². The van der Waals surface area contributed by atoms with Crippen molar-refractivity contribution in [1.82, 2.24) is 5.32 Å². The number of carbonyl (C=O) groups excluding carboxylic acids is 1. The van der Waals surface area contributed by atoms with Crippen molar-refractivity contribution in [3.05, 3.63) is 64.1 Å². The fraction of sp³-hybridized carbons (Fsp3) is 0.0714. The van der Waals surface area contributed by atoms with Gasteiger partial charge in [-0.1, -0.05) is 46.3 Å². The summed E-state index contributed by atoms with van der Waals surface area (Å²) in [5.41, 5.74) is 7.82. The molecule has 4 heteroatoms. The molecule has 3 N–H and O–H groups in total. The molecule has 2 rings (SSSR count). The summed E-state index contributed by atoms with van der Waals surface area (Å²) >= 11 is 3.31. The van der Waals surface area contributed by atoms with E-state index < -0.39 is 0 Å². The van der Waals surface area contributed by atoms with E-state index in [1.54, 1.807) is 18.2 Å². The highest BCUT2D eigenvalue weighted by molar-refractivity contribution is 9.10. The van der Waals surface area contributed by atoms with Gasteiger partial charge in [0.15, 0.2) is 0 Å². The molecule has 18 heavy (non-hydrogen) atoms. The Morgan fingerprint density at radius 3 is 2.56 bits per heavy atom. The molecule has 2 aromatic carbocycles. The summed E-state index contributed by atoms with van der Waals surface area (Å²) in [7, 11) is 0. The highest BCUT2D eigenvalue weighted by Gasteiger charge is 2.09. The minimum absolute atomic E-state index is 0.163. The second-order valence-electron chi connectivity index (χ2n) is 3.90. The maximum absolute atomic E-state index is 11.9. The van der Waals surface area contributed by atoms with Crippen molar-refractivity contribution >= 4 is 27.5 Å². The third kappa shape index (κ3) is 3.11. The monoisotopic (exact) mass is 304 g/mol. The number of amides is 1. The van der Waals surface area contributed by atoms with Crippen molar-refractivity contribution in [1.29, 1.82) is 0 Å². The predicted octanol–water partition coefficient (Wildman–Crippen LogP) is 2.96. The van der Waals surface area contributed by atoms with Crippen molar-refractivity contribution in [3.63, 3.8) is 0 Å². The fourth-order valence-corrected chi connectivity index (χ4v) is 1.99. The second kappa shape index (κ2) is 5.69. The lowest BCUT2D eigenvalue weighted by atomic mass is 10.1. The minimum Gasteiger partial charge on any atom is -0.398 e. The zero-order chi connectivity index (χ0) is 13.0. The van der Waals surface area contributed by atoms with Gasteiger partial charge in [-0.15, -0.1) is 0 Å². The number of nitrogens with one attached hydrogen (secondary N) is 1. The van der Waals surface area contributed by atoms with Crippen LogP contribution in [0, 0.1) is 0 Å². The fourth-order valence-electron chi connectivity index (χ4n) is 1.61. The molecular weight excluding hydrogens is 292 g/mol. The summed E-state index contributed by atoms with van der Waals surface area (Å²) < 4.78 is 0.861. The number of carbonyl (C=O) groups is 1. The molecule has 0 unspecified atom stereocenters. The van der Waals surface area contributed by atoms with Crippen LogP contribution in [-0.2, 0) is 6.54 Å². The smallest absolute Gasteiger partial charge is 0.253 e. The summed E-state index contributed by atoms with van der Waals surface area (Å²) in [4.78, 5) is 11.9. The Kier molecular flexibility index (Phi) is 3.99. The molecule has 0 aliphatic rings. The number of hydrogen-bond donors (Lipinski definition) is 2. The van der Waals surface area contributed by atoms with Crippen LogP contribution < -0.4 is 11.1 Å². The van der Waals surface area contributed by atoms with E-state index in [4.69, 9.17) is 5.73 Å². The van der Waals surface area contributed by atoms with Gasteiger partial charge in [0.25, 0.3) is 5.91 Å². The quantitative estimate of drug-likeness (QED) is 0.857. The van der Waals surface area contributed by atoms with E-state index >= 15 is 0 Å². The van der Waals surface area contributed by atoms with Crippen LogP contribution in [0.5, 0.6) is 0 Å². The summed E-state index contributed by atoms with van der Waals surface area (Å²) in [6, 6.07) is 15.0. The number of anilines is 1. The summed E-state index contributed by atoms with van der Waals surface area (Å²) in [5, 5.41) is 2.84. The zero-order valence-corrected chi connectivity index (χ0v) is 11.3. The summed E-state index contributed by atoms with van der Waals surface area (Å²) in [6.07, 6.45) is 0. The van der Waals surface area contributed by atoms with Gasteiger partial charge in [0.2, 0.25) is 0 Å². The first-order valence-corrected chi connectivity index (χ1v) is 6.33. The van der Waals surface area contributed by atoms with E-state index in [2.05, 4.69) is 21.2 Å². The van der Waals surface area contributed by atoms with Crippen LogP contribution in [0.2, 0.25) is 0 Å². The molecule has 2 aromatic rings. The largest absolute Gasteiger partial charge is 0.398 e. The van der Waals surface area contributed by atoms with E-state index in [0.717, 1.165) is 10.0 Å². The molecule has 92 valence electrons. The first kappa shape index (κ1) is 12.6. The van der Waals surface area contributed by atoms with Gasteiger partial charge >= 0.3 is 0 Å². The first-order valence-electron chi connectivity index (χ1n) is 5.54. The molecule has 3 nitrogen and oxygen atoms in total. The van der Waals surface area contributed by atoms with Gasteiger partial charge in [0, 0.05) is 16.7 Å². The Morgan fingerprint density at radius 2 is 1.89 bits per heavy atom. The van der Waals surface area contributed by atoms with Crippen LogP contribution in [0.1, 0.15) is 15.9 Å². The lowest BCUT2D eigenvalue weighted by Crippen LogP contribution is -2.23. The van der Waals surface area contributed by atoms with Gasteiger partial charge in [-0.2, -0.15) is 0 Å². The van der Waals surface area contributed by atoms with E-state index in [1.165, 1.54) is 0 Å². The molecule has 0 bridgehead atoms. The lowest BCUT2D eigenvalue weighted by Gasteiger charge is -2.07. The lowest BCUT2D eigenvalue weighted by molar-refractivity contribution is 0.0952. The molecule has 0 aromatic heterocycles. The molecule has 0 heterocycles. The Balaban J connectivity index is 2.04. The summed E-state index contributed by atoms with van der Waals surface area (Å²) in [6.45, 7) is 0.495. The van der Waals surface area contributed by atoms with Gasteiger partial charge in [-0.05, 0) is 23.8 Å². The molecular formula is C14H13BrN2O. The third-order valence-electron chi connectivity index (χ3n) is 2.55. The molecule has 0 radical (unpaired) electrons. The maximum atomic E-state index is 11.9. The number of benzene rings is 2. The maximum Gasteiger partial charge on any atom is 0.253 e. The van der Waals surface area contributed by atoms with E-state index in [1.807, 2.05) is 30.3 Å². The van der Waals surface area contributed by atoms with Gasteiger partial charge < -0.3 is 11.1 Å². The highest BCUT2D eigenvalue weighted by Crippen LogP contribution is 2.18. The molecule has 1 amide bonds. The minimum atomic E-state index is -0.163. The Labute approximate surface area is 114 Å². The van der Waals surface area contributed by atoms with Crippen molar-refractivity contribution < 1.29 is 4.79 Å². The molecule has 0 aliphatic heterocycles. The Morgan fingerprint density at radius 1 is 1.17 bits per heavy atom. The molecule has 0 saturated heterocycles. The van der Waals surface area contributed by atoms with Gasteiger partial charge in [0.05, 0.1) is 5.56 Å². The average Bonchev–Trinajstić information content (AvgIpc) is 2.37. The predicted molar refractivity (Wildman–Crippen MR) is 76.2 cm³/mol. The topological polar surface area (TPSA) is 55.1 Å². The molecule has 0 fully saturated rings. The standard InChI is InChI=1S/C14H13BrN2O/c15-11-6-7-12(13(16)8-11)14(18)17-9-10-4-2-1-3-5-10/h1-8H,9,16H2,(H,17,18). The summed E-state index contributed by atoms with van der Waals surface area (Å²) in [5.74, 6) is -0.163. The van der Waals surface area contributed by atoms with Crippen molar-refractivity contribution in [2.45, 2.75) is 6.54 Å². The van der Waals surface area contributed by atoms with Gasteiger partial charge in [-0.3, -0.25) is 4.79 Å². The molecule has 0 spiro atoms. The van der Waals surface area contributed by atoms with Crippen LogP contribution in [-0.4, -0.2) is 5.91 Å². The van der Waals surface area contributed by atoms with Crippen molar-refractivity contribution in [2.24, 2.45) is 0 Å². The third-order valence-corrected chi connectivity index (χ3v) is 3.05.